The van der Waals surface area contributed by atoms with Gasteiger partial charge in [-0.2, -0.15) is 22.1 Å². The summed E-state index contributed by atoms with van der Waals surface area (Å²) in [5.41, 5.74) is 2.96. The minimum absolute atomic E-state index is 0.0432. The Balaban J connectivity index is 0.944. The van der Waals surface area contributed by atoms with Crippen molar-refractivity contribution in [1.82, 2.24) is 0 Å². The fourth-order valence-corrected chi connectivity index (χ4v) is 16.5. The van der Waals surface area contributed by atoms with E-state index in [0.717, 1.165) is 91.7 Å². The Kier molecular flexibility index (Phi) is 13.8. The summed E-state index contributed by atoms with van der Waals surface area (Å²) >= 11 is 0. The molecule has 0 amide bonds. The van der Waals surface area contributed by atoms with E-state index in [-0.39, 0.29) is 27.9 Å². The molecule has 6 aromatic rings. The molecule has 4 fully saturated rings. The van der Waals surface area contributed by atoms with Crippen LogP contribution in [0.5, 0.6) is 28.7 Å². The van der Waals surface area contributed by atoms with E-state index < -0.39 is 66.1 Å². The standard InChI is InChI=1S/C60H65NO11S3/c1-9-60(10-2,50-12-11-13-52(49(50)37-61)70-44-20-14-39(3)15-21-44)57(7,8)72-46-24-18-43(19-25-46)59-35-40-30-41(36-59)34-58(33-40,38-59)42-16-22-45(23-17-42)71-53-29-27-48(32-55(53)75(67,68)69)73(62,63)47-26-28-51(56(4,5)6)54(31-47)74(64,65)66/h11-29,31-32,40-41H,9-10,30,33-36,38H2,1-8H3,(H,64,65,66)(H,67,68,69). The van der Waals surface area contributed by atoms with Gasteiger partial charge in [0.25, 0.3) is 20.2 Å². The lowest BCUT2D eigenvalue weighted by atomic mass is 9.42. The Hall–Kier alpha value is -6.02. The van der Waals surface area contributed by atoms with Crippen LogP contribution in [0.1, 0.15) is 133 Å². The third-order valence-corrected chi connectivity index (χ3v) is 20.2. The van der Waals surface area contributed by atoms with Gasteiger partial charge in [0.15, 0.2) is 0 Å². The van der Waals surface area contributed by atoms with Crippen LogP contribution in [-0.2, 0) is 51.7 Å². The number of hydrogen-bond acceptors (Lipinski definition) is 10. The minimum atomic E-state index is -5.04. The number of benzene rings is 6. The molecular formula is C60H65NO11S3. The topological polar surface area (TPSA) is 194 Å². The average molecular weight is 1070 g/mol. The highest BCUT2D eigenvalue weighted by Gasteiger charge is 2.58. The van der Waals surface area contributed by atoms with Crippen LogP contribution < -0.4 is 14.2 Å². The first-order chi connectivity index (χ1) is 35.2. The zero-order chi connectivity index (χ0) is 54.1. The first-order valence-corrected chi connectivity index (χ1v) is 29.9. The van der Waals surface area contributed by atoms with Gasteiger partial charge in [0, 0.05) is 5.41 Å². The summed E-state index contributed by atoms with van der Waals surface area (Å²) in [6.07, 6.45) is 7.88. The smallest absolute Gasteiger partial charge is 0.298 e. The molecule has 0 radical (unpaired) electrons. The summed E-state index contributed by atoms with van der Waals surface area (Å²) in [7, 11) is -14.5. The van der Waals surface area contributed by atoms with Gasteiger partial charge in [0.1, 0.15) is 45.3 Å². The number of nitriles is 1. The number of sulfone groups is 1. The van der Waals surface area contributed by atoms with E-state index in [0.29, 0.717) is 28.9 Å². The van der Waals surface area contributed by atoms with E-state index in [1.54, 1.807) is 32.9 Å². The first kappa shape index (κ1) is 53.8. The predicted molar refractivity (Wildman–Crippen MR) is 287 cm³/mol. The van der Waals surface area contributed by atoms with Crippen LogP contribution in [0.2, 0.25) is 0 Å². The molecule has 2 atom stereocenters. The normalized spacial score (nSPS) is 20.9. The summed E-state index contributed by atoms with van der Waals surface area (Å²) < 4.78 is 118. The van der Waals surface area contributed by atoms with Crippen LogP contribution in [0.3, 0.4) is 0 Å². The van der Waals surface area contributed by atoms with Crippen molar-refractivity contribution >= 4 is 30.1 Å². The minimum Gasteiger partial charge on any atom is -0.487 e. The number of hydrogen-bond donors (Lipinski definition) is 2. The zero-order valence-electron chi connectivity index (χ0n) is 43.7. The van der Waals surface area contributed by atoms with Crippen LogP contribution in [0.25, 0.3) is 0 Å². The Labute approximate surface area is 442 Å². The monoisotopic (exact) mass is 1070 g/mol. The van der Waals surface area contributed by atoms with Crippen LogP contribution >= 0.6 is 0 Å². The molecule has 4 aliphatic rings. The second-order valence-electron chi connectivity index (χ2n) is 22.7. The van der Waals surface area contributed by atoms with E-state index in [2.05, 4.69) is 58.0 Å². The lowest BCUT2D eigenvalue weighted by Crippen LogP contribution is -2.55. The molecule has 2 unspecified atom stereocenters. The van der Waals surface area contributed by atoms with Crippen molar-refractivity contribution in [3.8, 4) is 34.8 Å². The second kappa shape index (κ2) is 19.2. The van der Waals surface area contributed by atoms with Gasteiger partial charge in [0.2, 0.25) is 9.84 Å². The van der Waals surface area contributed by atoms with E-state index in [1.165, 1.54) is 24.1 Å². The molecule has 75 heavy (non-hydrogen) atoms. The van der Waals surface area contributed by atoms with Crippen molar-refractivity contribution in [1.29, 1.82) is 5.26 Å². The maximum absolute atomic E-state index is 13.9. The Morgan fingerprint density at radius 3 is 1.57 bits per heavy atom. The van der Waals surface area contributed by atoms with Crippen LogP contribution in [-0.4, -0.2) is 40.0 Å². The number of ether oxygens (including phenoxy) is 3. The van der Waals surface area contributed by atoms with E-state index in [4.69, 9.17) is 14.2 Å². The molecule has 15 heteroatoms. The van der Waals surface area contributed by atoms with Gasteiger partial charge in [0.05, 0.1) is 20.2 Å². The van der Waals surface area contributed by atoms with Crippen LogP contribution in [0.15, 0.2) is 147 Å². The molecule has 2 N–H and O–H groups in total. The van der Waals surface area contributed by atoms with Gasteiger partial charge in [-0.1, -0.05) is 94.8 Å². The summed E-state index contributed by atoms with van der Waals surface area (Å²) in [5, 5.41) is 10.6. The largest absolute Gasteiger partial charge is 0.487 e. The van der Waals surface area contributed by atoms with Gasteiger partial charge in [-0.25, -0.2) is 8.42 Å². The molecule has 4 bridgehead atoms. The molecule has 0 heterocycles. The van der Waals surface area contributed by atoms with Gasteiger partial charge in [-0.15, -0.1) is 0 Å². The van der Waals surface area contributed by atoms with Gasteiger partial charge in [-0.05, 0) is 195 Å². The van der Waals surface area contributed by atoms with Crippen LogP contribution in [0, 0.1) is 30.1 Å². The van der Waals surface area contributed by atoms with Gasteiger partial charge < -0.3 is 14.2 Å². The predicted octanol–water partition coefficient (Wildman–Crippen LogP) is 13.8. The number of aryl methyl sites for hydroxylation is 1. The van der Waals surface area contributed by atoms with E-state index in [9.17, 15) is 39.6 Å². The van der Waals surface area contributed by atoms with Crippen molar-refractivity contribution in [3.63, 3.8) is 0 Å². The zero-order valence-corrected chi connectivity index (χ0v) is 46.1. The molecule has 0 aromatic heterocycles. The summed E-state index contributed by atoms with van der Waals surface area (Å²) in [6, 6.07) is 38.7. The molecule has 4 aliphatic carbocycles. The van der Waals surface area contributed by atoms with Crippen molar-refractivity contribution < 1.29 is 48.6 Å². The highest BCUT2D eigenvalue weighted by molar-refractivity contribution is 7.91. The highest BCUT2D eigenvalue weighted by atomic mass is 32.2. The fourth-order valence-electron chi connectivity index (χ4n) is 13.5. The lowest BCUT2D eigenvalue weighted by molar-refractivity contribution is -0.0282. The third-order valence-electron chi connectivity index (χ3n) is 16.7. The summed E-state index contributed by atoms with van der Waals surface area (Å²) in [4.78, 5) is -2.44. The molecular weight excluding hydrogens is 1010 g/mol. The Morgan fingerprint density at radius 1 is 0.600 bits per heavy atom. The first-order valence-electron chi connectivity index (χ1n) is 25.5. The number of nitrogens with zero attached hydrogens (tertiary/aromatic N) is 1. The molecule has 4 saturated carbocycles. The third kappa shape index (κ3) is 10.0. The average Bonchev–Trinajstić information content (AvgIpc) is 3.34. The Bertz CT molecular complexity index is 3540. The summed E-state index contributed by atoms with van der Waals surface area (Å²) in [6.45, 7) is 15.7. The molecule has 394 valence electrons. The van der Waals surface area contributed by atoms with Crippen molar-refractivity contribution in [2.45, 2.75) is 154 Å². The quantitative estimate of drug-likeness (QED) is 0.0872. The van der Waals surface area contributed by atoms with Crippen molar-refractivity contribution in [2.75, 3.05) is 0 Å². The van der Waals surface area contributed by atoms with Crippen molar-refractivity contribution in [2.24, 2.45) is 11.8 Å². The molecule has 12 nitrogen and oxygen atoms in total. The highest BCUT2D eigenvalue weighted by Crippen LogP contribution is 2.66. The van der Waals surface area contributed by atoms with E-state index in [1.807, 2.05) is 61.5 Å². The van der Waals surface area contributed by atoms with Gasteiger partial charge >= 0.3 is 0 Å². The fraction of sp³-hybridized carbons (Fsp3) is 0.383. The maximum atomic E-state index is 13.9. The Morgan fingerprint density at radius 2 is 1.08 bits per heavy atom. The maximum Gasteiger partial charge on any atom is 0.298 e. The molecule has 6 aromatic carbocycles. The number of rotatable bonds is 16. The van der Waals surface area contributed by atoms with Crippen molar-refractivity contribution in [3.05, 3.63) is 161 Å². The molecule has 0 aliphatic heterocycles. The molecule has 0 saturated heterocycles. The SMILES string of the molecule is CCC(CC)(c1cccc(Oc2ccc(C)cc2)c1C#N)C(C)(C)Oc1ccc(C23CC4CC(CC(c5ccc(Oc6ccc(S(=O)(=O)c7ccc(C(C)(C)C)c(S(=O)(=O)O)c7)cc6S(=O)(=O)O)cc5)(C4)C2)C3)cc1. The molecule has 10 rings (SSSR count). The second-order valence-corrected chi connectivity index (χ2v) is 27.5. The summed E-state index contributed by atoms with van der Waals surface area (Å²) in [5.74, 6) is 2.97. The molecule has 0 spiro atoms. The van der Waals surface area contributed by atoms with Crippen LogP contribution in [0.4, 0.5) is 0 Å². The van der Waals surface area contributed by atoms with E-state index >= 15 is 0 Å². The van der Waals surface area contributed by atoms with Gasteiger partial charge in [-0.3, -0.25) is 9.11 Å². The lowest BCUT2D eigenvalue weighted by Gasteiger charge is -2.62.